The molecule has 18 nitrogen and oxygen atoms in total. The van der Waals surface area contributed by atoms with Crippen LogP contribution >= 0.6 is 0 Å². The lowest BCUT2D eigenvalue weighted by atomic mass is 9.33. The molecule has 0 unspecified atom stereocenters. The summed E-state index contributed by atoms with van der Waals surface area (Å²) in [7, 11) is 0. The minimum atomic E-state index is -1.90. The number of ether oxygens (including phenoxy) is 6. The Morgan fingerprint density at radius 3 is 2.06 bits per heavy atom. The minimum Gasteiger partial charge on any atom is -0.479 e. The zero-order valence-electron chi connectivity index (χ0n) is 38.7. The summed E-state index contributed by atoms with van der Waals surface area (Å²) < 4.78 is 35.1. The number of esters is 1. The van der Waals surface area contributed by atoms with Gasteiger partial charge >= 0.3 is 11.9 Å². The van der Waals surface area contributed by atoms with Crippen molar-refractivity contribution in [3.63, 3.8) is 0 Å². The highest BCUT2D eigenvalue weighted by molar-refractivity contribution is 5.79. The van der Waals surface area contributed by atoms with Crippen molar-refractivity contribution in [1.82, 2.24) is 0 Å². The third kappa shape index (κ3) is 7.76. The quantitative estimate of drug-likeness (QED) is 0.0918. The maximum absolute atomic E-state index is 14.7. The van der Waals surface area contributed by atoms with Crippen molar-refractivity contribution >= 4 is 11.9 Å². The SMILES string of the molecule is CC1(C)CC[C@]2(C(=O)O[C@@H]3O[C@H](CO)[C@@H](O)[C@H](O)[C@H]3O)CC[C@]3(C)C(=CC[C@@H]4[C@@]5(C)CC[C@H](O[C@@H]6O[C@H](C(=O)O)[C@@H](O)[C@H](O[C@@H]7OC[C@@H](O)[C@H](O)[C@H]7O)[C@H]6O)C(C)(C)[C@@H]5CC[C@]43C)[C@@H]2C1. The van der Waals surface area contributed by atoms with Gasteiger partial charge in [0, 0.05) is 0 Å². The maximum atomic E-state index is 14.7. The van der Waals surface area contributed by atoms with Crippen molar-refractivity contribution in [2.75, 3.05) is 13.2 Å². The summed E-state index contributed by atoms with van der Waals surface area (Å²) in [6, 6.07) is 0. The molecule has 0 aromatic carbocycles. The molecule has 5 aliphatic carbocycles. The first-order chi connectivity index (χ1) is 30.3. The van der Waals surface area contributed by atoms with E-state index in [9.17, 15) is 60.7 Å². The number of aliphatic hydroxyl groups is 9. The van der Waals surface area contributed by atoms with Crippen LogP contribution in [0.3, 0.4) is 0 Å². The summed E-state index contributed by atoms with van der Waals surface area (Å²) in [5, 5.41) is 105. The third-order valence-corrected chi connectivity index (χ3v) is 18.9. The highest BCUT2D eigenvalue weighted by Crippen LogP contribution is 2.76. The number of carboxylic acid groups (broad SMARTS) is 1. The van der Waals surface area contributed by atoms with Crippen LogP contribution in [0.4, 0.5) is 0 Å². The Labute approximate surface area is 380 Å². The highest BCUT2D eigenvalue weighted by Gasteiger charge is 2.70. The molecule has 3 aliphatic heterocycles. The number of aliphatic carboxylic acids is 1. The molecule has 7 fully saturated rings. The van der Waals surface area contributed by atoms with E-state index >= 15 is 0 Å². The summed E-state index contributed by atoms with van der Waals surface area (Å²) in [6.45, 7) is 14.9. The van der Waals surface area contributed by atoms with E-state index < -0.39 is 128 Å². The van der Waals surface area contributed by atoms with Gasteiger partial charge in [0.15, 0.2) is 18.7 Å². The van der Waals surface area contributed by atoms with Crippen LogP contribution in [0.5, 0.6) is 0 Å². The number of carbonyl (C=O) groups excluding carboxylic acids is 1. The van der Waals surface area contributed by atoms with Crippen molar-refractivity contribution in [3.8, 4) is 0 Å². The van der Waals surface area contributed by atoms with Crippen molar-refractivity contribution in [2.24, 2.45) is 50.2 Å². The Morgan fingerprint density at radius 1 is 0.708 bits per heavy atom. The Kier molecular flexibility index (Phi) is 13.1. The third-order valence-electron chi connectivity index (χ3n) is 18.9. The van der Waals surface area contributed by atoms with Gasteiger partial charge in [-0.1, -0.05) is 60.1 Å². The molecule has 4 saturated carbocycles. The van der Waals surface area contributed by atoms with Gasteiger partial charge in [-0.25, -0.2) is 4.79 Å². The molecule has 3 saturated heterocycles. The van der Waals surface area contributed by atoms with Gasteiger partial charge in [0.05, 0.1) is 24.7 Å². The zero-order chi connectivity index (χ0) is 47.6. The van der Waals surface area contributed by atoms with E-state index in [0.717, 1.165) is 44.9 Å². The van der Waals surface area contributed by atoms with Crippen LogP contribution in [0, 0.1) is 50.2 Å². The largest absolute Gasteiger partial charge is 0.479 e. The molecule has 0 bridgehead atoms. The number of rotatable bonds is 8. The number of allylic oxidation sites excluding steroid dienone is 2. The van der Waals surface area contributed by atoms with E-state index in [1.807, 2.05) is 0 Å². The first-order valence-corrected chi connectivity index (χ1v) is 23.7. The molecule has 22 atom stereocenters. The molecular weight excluding hydrogens is 852 g/mol. The first kappa shape index (κ1) is 49.5. The van der Waals surface area contributed by atoms with Gasteiger partial charge in [0.1, 0.15) is 61.0 Å². The molecule has 0 amide bonds. The van der Waals surface area contributed by atoms with E-state index in [0.29, 0.717) is 19.3 Å². The van der Waals surface area contributed by atoms with E-state index in [-0.39, 0.29) is 39.4 Å². The number of hydrogen-bond donors (Lipinski definition) is 10. The Balaban J connectivity index is 1.03. The van der Waals surface area contributed by atoms with Crippen molar-refractivity contribution in [1.29, 1.82) is 0 Å². The van der Waals surface area contributed by atoms with Crippen LogP contribution in [-0.2, 0) is 38.0 Å². The number of aliphatic hydroxyl groups excluding tert-OH is 9. The Morgan fingerprint density at radius 2 is 1.38 bits per heavy atom. The predicted octanol–water partition coefficient (Wildman–Crippen LogP) is 0.872. The molecule has 3 heterocycles. The second-order valence-corrected chi connectivity index (χ2v) is 23.1. The van der Waals surface area contributed by atoms with E-state index in [2.05, 4.69) is 54.5 Å². The molecule has 10 N–H and O–H groups in total. The van der Waals surface area contributed by atoms with Gasteiger partial charge in [-0.3, -0.25) is 4.79 Å². The van der Waals surface area contributed by atoms with E-state index in [4.69, 9.17) is 28.4 Å². The number of carboxylic acids is 1. The summed E-state index contributed by atoms with van der Waals surface area (Å²) >= 11 is 0. The fraction of sp³-hybridized carbons (Fsp3) is 0.915. The van der Waals surface area contributed by atoms with Crippen molar-refractivity contribution in [3.05, 3.63) is 11.6 Å². The Hall–Kier alpha value is -1.88. The summed E-state index contributed by atoms with van der Waals surface area (Å²) in [6.07, 6.45) is -13.7. The molecule has 370 valence electrons. The molecule has 0 radical (unpaired) electrons. The van der Waals surface area contributed by atoms with Gasteiger partial charge < -0.3 is 79.5 Å². The average molecular weight is 927 g/mol. The molecule has 0 aromatic heterocycles. The zero-order valence-corrected chi connectivity index (χ0v) is 38.7. The molecule has 8 rings (SSSR count). The standard InChI is InChI=1S/C47H74O18/c1-42(2)14-16-47(41(59)65-39-32(54)30(52)29(51)24(19-48)61-39)17-15-45(6)21(22(47)18-42)8-9-26-44(5)12-11-27(43(3,4)25(44)10-13-46(26,45)7)62-40-34(56)35(33(55)36(64-40)37(57)58)63-38-31(53)28(50)23(49)20-60-38/h8,22-36,38-40,48-56H,9-20H2,1-7H3,(H,57,58)/t22-,23+,24+,25-,26+,27-,28-,29+,30-,31+,32+,33-,34+,35-,36-,38-,39-,40+,44-,45+,46+,47-/m0/s1. The molecule has 8 aliphatic rings. The fourth-order valence-corrected chi connectivity index (χ4v) is 14.7. The van der Waals surface area contributed by atoms with Gasteiger partial charge in [0.25, 0.3) is 0 Å². The minimum absolute atomic E-state index is 0.0677. The monoisotopic (exact) mass is 926 g/mol. The van der Waals surface area contributed by atoms with Crippen LogP contribution in [-0.4, -0.2) is 168 Å². The Bertz CT molecular complexity index is 1820. The lowest BCUT2D eigenvalue weighted by Gasteiger charge is -2.71. The van der Waals surface area contributed by atoms with Crippen LogP contribution in [0.2, 0.25) is 0 Å². The van der Waals surface area contributed by atoms with E-state index in [1.54, 1.807) is 0 Å². The molecule has 65 heavy (non-hydrogen) atoms. The molecule has 18 heteroatoms. The molecule has 0 spiro atoms. The van der Waals surface area contributed by atoms with Gasteiger partial charge in [-0.2, -0.15) is 0 Å². The van der Waals surface area contributed by atoms with Crippen molar-refractivity contribution < 1.29 is 89.1 Å². The number of hydrogen-bond acceptors (Lipinski definition) is 17. The molecular formula is C47H74O18. The average Bonchev–Trinajstić information content (AvgIpc) is 3.24. The topological polar surface area (TPSA) is 292 Å². The number of carbonyl (C=O) groups is 2. The van der Waals surface area contributed by atoms with Crippen LogP contribution in [0.25, 0.3) is 0 Å². The normalized spacial score (nSPS) is 52.7. The van der Waals surface area contributed by atoms with E-state index in [1.165, 1.54) is 5.57 Å². The lowest BCUT2D eigenvalue weighted by molar-refractivity contribution is -0.357. The lowest BCUT2D eigenvalue weighted by Crippen LogP contribution is -2.67. The first-order valence-electron chi connectivity index (χ1n) is 23.7. The van der Waals surface area contributed by atoms with Crippen molar-refractivity contribution in [2.45, 2.75) is 205 Å². The van der Waals surface area contributed by atoms with Crippen LogP contribution in [0.1, 0.15) is 113 Å². The van der Waals surface area contributed by atoms with Crippen LogP contribution < -0.4 is 0 Å². The maximum Gasteiger partial charge on any atom is 0.335 e. The molecule has 0 aromatic rings. The fourth-order valence-electron chi connectivity index (χ4n) is 14.7. The summed E-state index contributed by atoms with van der Waals surface area (Å²) in [5.74, 6) is -1.80. The number of fused-ring (bicyclic) bond motifs is 7. The van der Waals surface area contributed by atoms with Gasteiger partial charge in [0.2, 0.25) is 6.29 Å². The second kappa shape index (κ2) is 17.2. The predicted molar refractivity (Wildman–Crippen MR) is 225 cm³/mol. The van der Waals surface area contributed by atoms with Gasteiger partial charge in [-0.15, -0.1) is 0 Å². The smallest absolute Gasteiger partial charge is 0.335 e. The highest BCUT2D eigenvalue weighted by atomic mass is 16.7. The second-order valence-electron chi connectivity index (χ2n) is 23.1. The van der Waals surface area contributed by atoms with Gasteiger partial charge in [-0.05, 0) is 109 Å². The summed E-state index contributed by atoms with van der Waals surface area (Å²) in [4.78, 5) is 27.0. The van der Waals surface area contributed by atoms with Crippen LogP contribution in [0.15, 0.2) is 11.6 Å². The summed E-state index contributed by atoms with van der Waals surface area (Å²) in [5.41, 5.74) is -0.846.